The summed E-state index contributed by atoms with van der Waals surface area (Å²) in [6, 6.07) is 4.75. The Morgan fingerprint density at radius 1 is 1.41 bits per heavy atom. The smallest absolute Gasteiger partial charge is 0.192 e. The van der Waals surface area contributed by atoms with Gasteiger partial charge < -0.3 is 9.73 Å². The van der Waals surface area contributed by atoms with Crippen molar-refractivity contribution >= 4 is 20.9 Å². The van der Waals surface area contributed by atoms with E-state index in [1.807, 2.05) is 0 Å². The van der Waals surface area contributed by atoms with Crippen molar-refractivity contribution in [1.29, 1.82) is 0 Å². The summed E-state index contributed by atoms with van der Waals surface area (Å²) in [6.45, 7) is 2.16. The zero-order valence-electron chi connectivity index (χ0n) is 9.73. The Balaban J connectivity index is 2.42. The molecule has 0 amide bonds. The number of hydrogen-bond donors (Lipinski definition) is 1. The van der Waals surface area contributed by atoms with E-state index < -0.39 is 9.84 Å². The Kier molecular flexibility index (Phi) is 3.17. The summed E-state index contributed by atoms with van der Waals surface area (Å²) in [5.74, 6) is 0.607. The second-order valence-corrected chi connectivity index (χ2v) is 5.89. The van der Waals surface area contributed by atoms with E-state index in [2.05, 4.69) is 10.3 Å². The van der Waals surface area contributed by atoms with Gasteiger partial charge in [-0.1, -0.05) is 0 Å². The van der Waals surface area contributed by atoms with Gasteiger partial charge in [0, 0.05) is 13.5 Å². The lowest BCUT2D eigenvalue weighted by molar-refractivity contribution is 0.561. The van der Waals surface area contributed by atoms with Crippen molar-refractivity contribution in [1.82, 2.24) is 10.3 Å². The molecule has 92 valence electrons. The summed E-state index contributed by atoms with van der Waals surface area (Å²) in [5.41, 5.74) is 1.18. The maximum atomic E-state index is 11.9. The van der Waals surface area contributed by atoms with E-state index in [0.717, 1.165) is 0 Å². The fourth-order valence-corrected chi connectivity index (χ4v) is 2.85. The van der Waals surface area contributed by atoms with Gasteiger partial charge in [-0.3, -0.25) is 0 Å². The van der Waals surface area contributed by atoms with Crippen molar-refractivity contribution in [2.75, 3.05) is 19.3 Å². The molecule has 0 saturated carbocycles. The van der Waals surface area contributed by atoms with E-state index >= 15 is 0 Å². The molecule has 5 nitrogen and oxygen atoms in total. The lowest BCUT2D eigenvalue weighted by atomic mass is 10.3. The summed E-state index contributed by atoms with van der Waals surface area (Å²) in [4.78, 5) is 4.41. The molecule has 0 fully saturated rings. The molecule has 0 unspecified atom stereocenters. The van der Waals surface area contributed by atoms with Crippen LogP contribution in [0.2, 0.25) is 0 Å². The van der Waals surface area contributed by atoms with Crippen molar-refractivity contribution in [2.24, 2.45) is 0 Å². The van der Waals surface area contributed by atoms with Crippen LogP contribution >= 0.6 is 0 Å². The third kappa shape index (κ3) is 2.48. The second kappa shape index (κ2) is 4.46. The van der Waals surface area contributed by atoms with Crippen LogP contribution in [0.15, 0.2) is 27.5 Å². The molecule has 1 aromatic carbocycles. The SMILES string of the molecule is CNCCS(=O)(=O)c1ccc2oc(C)nc2c1. The second-order valence-electron chi connectivity index (χ2n) is 3.78. The molecule has 0 spiro atoms. The van der Waals surface area contributed by atoms with E-state index in [9.17, 15) is 8.42 Å². The van der Waals surface area contributed by atoms with Crippen molar-refractivity contribution in [3.05, 3.63) is 24.1 Å². The molecule has 0 saturated heterocycles. The number of aryl methyl sites for hydroxylation is 1. The predicted molar refractivity (Wildman–Crippen MR) is 64.7 cm³/mol. The number of rotatable bonds is 4. The molecule has 0 aliphatic carbocycles. The number of hydrogen-bond acceptors (Lipinski definition) is 5. The summed E-state index contributed by atoms with van der Waals surface area (Å²) < 4.78 is 29.2. The average molecular weight is 254 g/mol. The van der Waals surface area contributed by atoms with Crippen LogP contribution in [0.5, 0.6) is 0 Å². The topological polar surface area (TPSA) is 72.2 Å². The van der Waals surface area contributed by atoms with E-state index in [1.54, 1.807) is 32.2 Å². The predicted octanol–water partition coefficient (Wildman–Crippen LogP) is 1.13. The van der Waals surface area contributed by atoms with Gasteiger partial charge in [0.1, 0.15) is 5.52 Å². The number of oxazole rings is 1. The third-order valence-corrected chi connectivity index (χ3v) is 4.16. The summed E-state index contributed by atoms with van der Waals surface area (Å²) in [6.07, 6.45) is 0. The molecule has 1 heterocycles. The highest BCUT2D eigenvalue weighted by Crippen LogP contribution is 2.20. The number of aromatic nitrogens is 1. The van der Waals surface area contributed by atoms with Crippen LogP contribution < -0.4 is 5.32 Å². The Bertz CT molecular complexity index is 631. The van der Waals surface area contributed by atoms with Crippen LogP contribution in [0.3, 0.4) is 0 Å². The van der Waals surface area contributed by atoms with Crippen molar-refractivity contribution in [3.8, 4) is 0 Å². The van der Waals surface area contributed by atoms with Crippen molar-refractivity contribution < 1.29 is 12.8 Å². The third-order valence-electron chi connectivity index (χ3n) is 2.45. The molecule has 0 aliphatic heterocycles. The lowest BCUT2D eigenvalue weighted by Crippen LogP contribution is -2.19. The Labute approximate surface area is 99.8 Å². The van der Waals surface area contributed by atoms with Gasteiger partial charge >= 0.3 is 0 Å². The number of sulfone groups is 1. The molecular formula is C11H14N2O3S. The molecule has 17 heavy (non-hydrogen) atoms. The highest BCUT2D eigenvalue weighted by atomic mass is 32.2. The minimum atomic E-state index is -3.25. The Hall–Kier alpha value is -1.40. The maximum absolute atomic E-state index is 11.9. The molecule has 0 bridgehead atoms. The van der Waals surface area contributed by atoms with Crippen LogP contribution in [0.1, 0.15) is 5.89 Å². The molecule has 6 heteroatoms. The average Bonchev–Trinajstić information content (AvgIpc) is 2.65. The van der Waals surface area contributed by atoms with Gasteiger partial charge in [0.2, 0.25) is 0 Å². The minimum absolute atomic E-state index is 0.0752. The van der Waals surface area contributed by atoms with E-state index in [4.69, 9.17) is 4.42 Å². The molecule has 2 aromatic rings. The maximum Gasteiger partial charge on any atom is 0.192 e. The standard InChI is InChI=1S/C11H14N2O3S/c1-8-13-10-7-9(3-4-11(10)16-8)17(14,15)6-5-12-2/h3-4,7,12H,5-6H2,1-2H3. The number of fused-ring (bicyclic) bond motifs is 1. The van der Waals surface area contributed by atoms with Crippen LogP contribution in [0, 0.1) is 6.92 Å². The summed E-state index contributed by atoms with van der Waals surface area (Å²) >= 11 is 0. The summed E-state index contributed by atoms with van der Waals surface area (Å²) in [5, 5.41) is 2.82. The van der Waals surface area contributed by atoms with Gasteiger partial charge in [-0.25, -0.2) is 13.4 Å². The molecule has 0 atom stereocenters. The van der Waals surface area contributed by atoms with Gasteiger partial charge in [0.05, 0.1) is 10.6 Å². The van der Waals surface area contributed by atoms with Gasteiger partial charge in [-0.05, 0) is 25.2 Å². The highest BCUT2D eigenvalue weighted by Gasteiger charge is 2.15. The first kappa shape index (κ1) is 12.1. The van der Waals surface area contributed by atoms with Gasteiger partial charge in [-0.15, -0.1) is 0 Å². The van der Waals surface area contributed by atoms with Gasteiger partial charge in [-0.2, -0.15) is 0 Å². The molecule has 1 aromatic heterocycles. The van der Waals surface area contributed by atoms with E-state index in [-0.39, 0.29) is 10.6 Å². The summed E-state index contributed by atoms with van der Waals surface area (Å²) in [7, 11) is -1.53. The van der Waals surface area contributed by atoms with E-state index in [1.165, 1.54) is 0 Å². The van der Waals surface area contributed by atoms with Crippen LogP contribution in [0.25, 0.3) is 11.1 Å². The normalized spacial score (nSPS) is 12.1. The Morgan fingerprint density at radius 3 is 2.88 bits per heavy atom. The number of benzene rings is 1. The quantitative estimate of drug-likeness (QED) is 0.885. The largest absolute Gasteiger partial charge is 0.441 e. The molecule has 0 aliphatic rings. The molecular weight excluding hydrogens is 240 g/mol. The van der Waals surface area contributed by atoms with Crippen LogP contribution in [-0.2, 0) is 9.84 Å². The number of nitrogens with zero attached hydrogens (tertiary/aromatic N) is 1. The molecule has 2 rings (SSSR count). The number of nitrogens with one attached hydrogen (secondary N) is 1. The first-order valence-electron chi connectivity index (χ1n) is 5.27. The first-order chi connectivity index (χ1) is 8.03. The minimum Gasteiger partial charge on any atom is -0.441 e. The van der Waals surface area contributed by atoms with Gasteiger partial charge in [0.25, 0.3) is 0 Å². The highest BCUT2D eigenvalue weighted by molar-refractivity contribution is 7.91. The molecule has 0 radical (unpaired) electrons. The zero-order chi connectivity index (χ0) is 12.5. The van der Waals surface area contributed by atoms with Crippen molar-refractivity contribution in [3.63, 3.8) is 0 Å². The Morgan fingerprint density at radius 2 is 2.18 bits per heavy atom. The monoisotopic (exact) mass is 254 g/mol. The van der Waals surface area contributed by atoms with Crippen LogP contribution in [0.4, 0.5) is 0 Å². The molecule has 1 N–H and O–H groups in total. The fourth-order valence-electron chi connectivity index (χ4n) is 1.57. The first-order valence-corrected chi connectivity index (χ1v) is 6.93. The zero-order valence-corrected chi connectivity index (χ0v) is 10.5. The lowest BCUT2D eigenvalue weighted by Gasteiger charge is -2.03. The van der Waals surface area contributed by atoms with Crippen LogP contribution in [-0.4, -0.2) is 32.7 Å². The van der Waals surface area contributed by atoms with Crippen molar-refractivity contribution in [2.45, 2.75) is 11.8 Å². The van der Waals surface area contributed by atoms with E-state index in [0.29, 0.717) is 23.5 Å². The van der Waals surface area contributed by atoms with Gasteiger partial charge in [0.15, 0.2) is 21.3 Å². The fraction of sp³-hybridized carbons (Fsp3) is 0.364.